The minimum Gasteiger partial charge on any atom is -0.389 e. The summed E-state index contributed by atoms with van der Waals surface area (Å²) in [5.41, 5.74) is 1.92. The summed E-state index contributed by atoms with van der Waals surface area (Å²) in [7, 11) is 1.89. The van der Waals surface area contributed by atoms with E-state index in [2.05, 4.69) is 10.4 Å². The molecule has 1 fully saturated rings. The molecule has 1 aromatic rings. The van der Waals surface area contributed by atoms with Gasteiger partial charge in [0, 0.05) is 19.8 Å². The third-order valence-corrected chi connectivity index (χ3v) is 3.62. The van der Waals surface area contributed by atoms with Crippen LogP contribution in [-0.4, -0.2) is 40.2 Å². The number of aliphatic hydroxyl groups is 1. The number of nitrogens with one attached hydrogen (secondary N) is 1. The molecule has 0 aliphatic heterocycles. The summed E-state index contributed by atoms with van der Waals surface area (Å²) in [5, 5.41) is 17.4. The number of rotatable bonds is 6. The first kappa shape index (κ1) is 14.3. The van der Waals surface area contributed by atoms with Crippen LogP contribution in [0.25, 0.3) is 0 Å². The van der Waals surface area contributed by atoms with Crippen molar-refractivity contribution in [1.82, 2.24) is 9.78 Å². The van der Waals surface area contributed by atoms with Gasteiger partial charge in [0.05, 0.1) is 30.2 Å². The van der Waals surface area contributed by atoms with Gasteiger partial charge in [0.15, 0.2) is 0 Å². The van der Waals surface area contributed by atoms with Crippen LogP contribution in [0, 0.1) is 6.92 Å². The lowest BCUT2D eigenvalue weighted by Gasteiger charge is -2.23. The van der Waals surface area contributed by atoms with Crippen LogP contribution in [0.3, 0.4) is 0 Å². The number of anilines is 1. The molecule has 0 radical (unpaired) electrons. The van der Waals surface area contributed by atoms with Crippen LogP contribution in [0.15, 0.2) is 6.20 Å². The molecule has 5 nitrogen and oxygen atoms in total. The van der Waals surface area contributed by atoms with Gasteiger partial charge in [-0.2, -0.15) is 5.10 Å². The lowest BCUT2D eigenvalue weighted by Crippen LogP contribution is -2.28. The van der Waals surface area contributed by atoms with Gasteiger partial charge in [0.1, 0.15) is 0 Å². The highest BCUT2D eigenvalue weighted by atomic mass is 16.5. The van der Waals surface area contributed by atoms with Gasteiger partial charge in [-0.15, -0.1) is 0 Å². The number of ether oxygens (including phenoxy) is 1. The Morgan fingerprint density at radius 2 is 2.21 bits per heavy atom. The van der Waals surface area contributed by atoms with Gasteiger partial charge in [-0.1, -0.05) is 19.3 Å². The molecule has 2 rings (SSSR count). The maximum atomic E-state index is 9.92. The van der Waals surface area contributed by atoms with Crippen LogP contribution in [0.1, 0.15) is 37.8 Å². The van der Waals surface area contributed by atoms with E-state index in [-0.39, 0.29) is 0 Å². The smallest absolute Gasteiger partial charge is 0.0945 e. The van der Waals surface area contributed by atoms with Gasteiger partial charge < -0.3 is 15.2 Å². The maximum absolute atomic E-state index is 9.92. The van der Waals surface area contributed by atoms with Gasteiger partial charge >= 0.3 is 0 Å². The van der Waals surface area contributed by atoms with Gasteiger partial charge in [0.25, 0.3) is 0 Å². The molecule has 1 heterocycles. The largest absolute Gasteiger partial charge is 0.389 e. The summed E-state index contributed by atoms with van der Waals surface area (Å²) in [6, 6.07) is 0. The molecule has 1 atom stereocenters. The Hall–Kier alpha value is -1.07. The number of aryl methyl sites for hydroxylation is 2. The zero-order valence-corrected chi connectivity index (χ0v) is 11.9. The zero-order valence-electron chi connectivity index (χ0n) is 11.9. The van der Waals surface area contributed by atoms with Crippen molar-refractivity contribution >= 4 is 5.69 Å². The van der Waals surface area contributed by atoms with Crippen LogP contribution in [0.2, 0.25) is 0 Å². The zero-order chi connectivity index (χ0) is 13.7. The van der Waals surface area contributed by atoms with Crippen molar-refractivity contribution in [3.8, 4) is 0 Å². The Morgan fingerprint density at radius 1 is 1.47 bits per heavy atom. The maximum Gasteiger partial charge on any atom is 0.0945 e. The second-order valence-electron chi connectivity index (χ2n) is 5.43. The average Bonchev–Trinajstić information content (AvgIpc) is 2.73. The van der Waals surface area contributed by atoms with E-state index in [9.17, 15) is 5.11 Å². The molecule has 0 aromatic carbocycles. The monoisotopic (exact) mass is 267 g/mol. The van der Waals surface area contributed by atoms with Crippen LogP contribution in [0.4, 0.5) is 5.69 Å². The number of hydrogen-bond donors (Lipinski definition) is 2. The van der Waals surface area contributed by atoms with Crippen LogP contribution in [0.5, 0.6) is 0 Å². The van der Waals surface area contributed by atoms with Crippen LogP contribution >= 0.6 is 0 Å². The van der Waals surface area contributed by atoms with E-state index in [1.54, 1.807) is 4.68 Å². The van der Waals surface area contributed by atoms with Crippen molar-refractivity contribution in [2.45, 2.75) is 51.2 Å². The molecule has 1 saturated carbocycles. The first-order valence-electron chi connectivity index (χ1n) is 7.19. The Balaban J connectivity index is 1.66. The molecule has 0 amide bonds. The van der Waals surface area contributed by atoms with E-state index in [1.807, 2.05) is 20.2 Å². The summed E-state index contributed by atoms with van der Waals surface area (Å²) in [6.45, 7) is 2.86. The summed E-state index contributed by atoms with van der Waals surface area (Å²) in [4.78, 5) is 0. The summed E-state index contributed by atoms with van der Waals surface area (Å²) >= 11 is 0. The second-order valence-corrected chi connectivity index (χ2v) is 5.43. The topological polar surface area (TPSA) is 59.3 Å². The van der Waals surface area contributed by atoms with Crippen molar-refractivity contribution in [3.05, 3.63) is 11.9 Å². The van der Waals surface area contributed by atoms with E-state index in [0.29, 0.717) is 19.3 Å². The summed E-state index contributed by atoms with van der Waals surface area (Å²) < 4.78 is 7.52. The van der Waals surface area contributed by atoms with Crippen molar-refractivity contribution in [2.75, 3.05) is 18.5 Å². The van der Waals surface area contributed by atoms with Crippen molar-refractivity contribution in [3.63, 3.8) is 0 Å². The standard InChI is InChI=1S/C14H25N3O2/c1-11-14(9-17(2)16-11)15-8-12(18)10-19-13-6-4-3-5-7-13/h9,12-13,15,18H,3-8,10H2,1-2H3. The molecule has 2 N–H and O–H groups in total. The molecule has 1 aliphatic rings. The van der Waals surface area contributed by atoms with Gasteiger partial charge in [-0.3, -0.25) is 4.68 Å². The Labute approximate surface area is 115 Å². The summed E-state index contributed by atoms with van der Waals surface area (Å²) in [5.74, 6) is 0. The number of hydrogen-bond acceptors (Lipinski definition) is 4. The molecule has 5 heteroatoms. The highest BCUT2D eigenvalue weighted by molar-refractivity contribution is 5.45. The molecule has 1 aliphatic carbocycles. The van der Waals surface area contributed by atoms with Crippen molar-refractivity contribution in [2.24, 2.45) is 7.05 Å². The predicted molar refractivity (Wildman–Crippen MR) is 75.3 cm³/mol. The molecule has 0 spiro atoms. The molecule has 0 saturated heterocycles. The highest BCUT2D eigenvalue weighted by Crippen LogP contribution is 2.20. The molecular weight excluding hydrogens is 242 g/mol. The van der Waals surface area contributed by atoms with Gasteiger partial charge in [0.2, 0.25) is 0 Å². The van der Waals surface area contributed by atoms with Crippen LogP contribution in [-0.2, 0) is 11.8 Å². The van der Waals surface area contributed by atoms with Crippen molar-refractivity contribution < 1.29 is 9.84 Å². The number of aliphatic hydroxyl groups excluding tert-OH is 1. The second kappa shape index (κ2) is 6.91. The predicted octanol–water partition coefficient (Wildman–Crippen LogP) is 1.85. The lowest BCUT2D eigenvalue weighted by atomic mass is 9.98. The van der Waals surface area contributed by atoms with Gasteiger partial charge in [-0.25, -0.2) is 0 Å². The van der Waals surface area contributed by atoms with Crippen molar-refractivity contribution in [1.29, 1.82) is 0 Å². The number of aromatic nitrogens is 2. The molecular formula is C14H25N3O2. The number of nitrogens with zero attached hydrogens (tertiary/aromatic N) is 2. The van der Waals surface area contributed by atoms with Crippen LogP contribution < -0.4 is 5.32 Å². The summed E-state index contributed by atoms with van der Waals surface area (Å²) in [6.07, 6.45) is 7.92. The molecule has 1 aromatic heterocycles. The normalized spacial score (nSPS) is 18.5. The Kier molecular flexibility index (Phi) is 5.22. The Bertz CT molecular complexity index is 386. The molecule has 0 bridgehead atoms. The molecule has 1 unspecified atom stereocenters. The first-order chi connectivity index (χ1) is 9.15. The molecule has 19 heavy (non-hydrogen) atoms. The first-order valence-corrected chi connectivity index (χ1v) is 7.19. The van der Waals surface area contributed by atoms with E-state index >= 15 is 0 Å². The average molecular weight is 267 g/mol. The Morgan fingerprint density at radius 3 is 2.84 bits per heavy atom. The van der Waals surface area contributed by atoms with E-state index in [0.717, 1.165) is 24.2 Å². The van der Waals surface area contributed by atoms with E-state index < -0.39 is 6.10 Å². The third-order valence-electron chi connectivity index (χ3n) is 3.62. The highest BCUT2D eigenvalue weighted by Gasteiger charge is 2.15. The van der Waals surface area contributed by atoms with E-state index in [1.165, 1.54) is 19.3 Å². The lowest BCUT2D eigenvalue weighted by molar-refractivity contribution is -0.0195. The van der Waals surface area contributed by atoms with E-state index in [4.69, 9.17) is 4.74 Å². The fourth-order valence-electron chi connectivity index (χ4n) is 2.54. The van der Waals surface area contributed by atoms with Gasteiger partial charge in [-0.05, 0) is 19.8 Å². The fourth-order valence-corrected chi connectivity index (χ4v) is 2.54. The third kappa shape index (κ3) is 4.51. The quantitative estimate of drug-likeness (QED) is 0.826. The molecule has 108 valence electrons. The minimum absolute atomic E-state index is 0.350. The fraction of sp³-hybridized carbons (Fsp3) is 0.786. The SMILES string of the molecule is Cc1nn(C)cc1NCC(O)COC1CCCCC1. The minimum atomic E-state index is -0.471.